The Labute approximate surface area is 164 Å². The first-order chi connectivity index (χ1) is 13.5. The molecule has 0 N–H and O–H groups in total. The van der Waals surface area contributed by atoms with E-state index in [1.807, 2.05) is 35.8 Å². The zero-order valence-corrected chi connectivity index (χ0v) is 16.6. The van der Waals surface area contributed by atoms with Gasteiger partial charge >= 0.3 is 5.97 Å². The average molecular weight is 389 g/mol. The molecule has 0 fully saturated rings. The second-order valence-corrected chi connectivity index (χ2v) is 6.17. The Kier molecular flexibility index (Phi) is 8.39. The number of pyridine rings is 1. The maximum Gasteiger partial charge on any atom is 0.344 e. The van der Waals surface area contributed by atoms with Crippen LogP contribution in [0, 0.1) is 6.92 Å². The topological polar surface area (TPSA) is 76.0 Å². The van der Waals surface area contributed by atoms with Crippen molar-refractivity contribution in [2.24, 2.45) is 0 Å². The molecule has 7 nitrogen and oxygen atoms in total. The Morgan fingerprint density at radius 2 is 1.75 bits per heavy atom. The molecular formula is C21H27NO6. The van der Waals surface area contributed by atoms with Crippen molar-refractivity contribution in [1.29, 1.82) is 0 Å². The Hall–Kier alpha value is -2.96. The largest absolute Gasteiger partial charge is 0.497 e. The number of methoxy groups -OCH3 is 1. The fourth-order valence-electron chi connectivity index (χ4n) is 2.51. The van der Waals surface area contributed by atoms with E-state index in [0.29, 0.717) is 25.5 Å². The molecule has 0 radical (unpaired) electrons. The quantitative estimate of drug-likeness (QED) is 0.434. The number of ether oxygens (including phenoxy) is 4. The number of carbonyl (C=O) groups excluding carboxylic acids is 1. The summed E-state index contributed by atoms with van der Waals surface area (Å²) in [4.78, 5) is 23.8. The summed E-state index contributed by atoms with van der Waals surface area (Å²) in [7, 11) is 1.61. The molecule has 0 amide bonds. The Bertz CT molecular complexity index is 813. The van der Waals surface area contributed by atoms with Crippen molar-refractivity contribution in [2.45, 2.75) is 33.2 Å². The van der Waals surface area contributed by atoms with E-state index in [2.05, 4.69) is 0 Å². The molecule has 28 heavy (non-hydrogen) atoms. The molecule has 0 aliphatic carbocycles. The standard InChI is InChI=1S/C21H27NO6/c1-4-5-13-27-20(24)15-28-21-16(2)22(11-10-19(21)23)12-14-26-18-8-6-17(25-3)7-9-18/h6-11H,4-5,12-15H2,1-3H3. The summed E-state index contributed by atoms with van der Waals surface area (Å²) in [6.45, 7) is 4.79. The summed E-state index contributed by atoms with van der Waals surface area (Å²) in [6, 6.07) is 8.72. The molecule has 1 heterocycles. The van der Waals surface area contributed by atoms with E-state index in [9.17, 15) is 9.59 Å². The lowest BCUT2D eigenvalue weighted by molar-refractivity contribution is -0.146. The van der Waals surface area contributed by atoms with Gasteiger partial charge in [0, 0.05) is 12.3 Å². The highest BCUT2D eigenvalue weighted by molar-refractivity contribution is 5.71. The number of aromatic nitrogens is 1. The van der Waals surface area contributed by atoms with Crippen LogP contribution in [0.15, 0.2) is 41.3 Å². The van der Waals surface area contributed by atoms with Crippen LogP contribution in [0.5, 0.6) is 17.2 Å². The molecule has 0 atom stereocenters. The predicted molar refractivity (Wildman–Crippen MR) is 105 cm³/mol. The second kappa shape index (κ2) is 11.0. The average Bonchev–Trinajstić information content (AvgIpc) is 2.70. The molecule has 0 bridgehead atoms. The van der Waals surface area contributed by atoms with Gasteiger partial charge in [0.1, 0.15) is 18.1 Å². The van der Waals surface area contributed by atoms with Crippen LogP contribution < -0.4 is 19.6 Å². The maximum atomic E-state index is 12.1. The van der Waals surface area contributed by atoms with Gasteiger partial charge in [-0.2, -0.15) is 0 Å². The number of rotatable bonds is 11. The highest BCUT2D eigenvalue weighted by atomic mass is 16.6. The Morgan fingerprint density at radius 1 is 1.04 bits per heavy atom. The summed E-state index contributed by atoms with van der Waals surface area (Å²) >= 11 is 0. The van der Waals surface area contributed by atoms with Crippen LogP contribution in [0.25, 0.3) is 0 Å². The highest BCUT2D eigenvalue weighted by Crippen LogP contribution is 2.17. The Balaban J connectivity index is 1.91. The van der Waals surface area contributed by atoms with Gasteiger partial charge < -0.3 is 23.5 Å². The number of unbranched alkanes of at least 4 members (excludes halogenated alkanes) is 1. The van der Waals surface area contributed by atoms with Gasteiger partial charge in [-0.1, -0.05) is 13.3 Å². The third-order valence-corrected chi connectivity index (χ3v) is 4.14. The minimum absolute atomic E-state index is 0.152. The molecule has 7 heteroatoms. The number of carbonyl (C=O) groups is 1. The smallest absolute Gasteiger partial charge is 0.344 e. The van der Waals surface area contributed by atoms with Crippen LogP contribution in [0.4, 0.5) is 0 Å². The number of hydrogen-bond acceptors (Lipinski definition) is 6. The predicted octanol–water partition coefficient (Wildman–Crippen LogP) is 2.97. The lowest BCUT2D eigenvalue weighted by atomic mass is 10.3. The zero-order valence-electron chi connectivity index (χ0n) is 16.6. The van der Waals surface area contributed by atoms with E-state index < -0.39 is 5.97 Å². The first-order valence-electron chi connectivity index (χ1n) is 9.30. The molecule has 0 spiro atoms. The van der Waals surface area contributed by atoms with Crippen LogP contribution in [-0.2, 0) is 16.1 Å². The highest BCUT2D eigenvalue weighted by Gasteiger charge is 2.12. The van der Waals surface area contributed by atoms with Gasteiger partial charge in [-0.25, -0.2) is 4.79 Å². The summed E-state index contributed by atoms with van der Waals surface area (Å²) in [5.41, 5.74) is 0.360. The van der Waals surface area contributed by atoms with Crippen molar-refractivity contribution in [1.82, 2.24) is 4.57 Å². The summed E-state index contributed by atoms with van der Waals surface area (Å²) < 4.78 is 23.2. The van der Waals surface area contributed by atoms with Gasteiger partial charge in [-0.3, -0.25) is 4.79 Å². The van der Waals surface area contributed by atoms with Crippen LogP contribution in [0.3, 0.4) is 0 Å². The Morgan fingerprint density at radius 3 is 2.43 bits per heavy atom. The monoisotopic (exact) mass is 389 g/mol. The molecule has 0 saturated heterocycles. The molecule has 0 aliphatic heterocycles. The summed E-state index contributed by atoms with van der Waals surface area (Å²) in [5.74, 6) is 1.16. The van der Waals surface area contributed by atoms with Crippen LogP contribution in [0.1, 0.15) is 25.5 Å². The molecule has 0 unspecified atom stereocenters. The lowest BCUT2D eigenvalue weighted by Crippen LogP contribution is -2.21. The summed E-state index contributed by atoms with van der Waals surface area (Å²) in [6.07, 6.45) is 3.42. The van der Waals surface area contributed by atoms with Crippen LogP contribution >= 0.6 is 0 Å². The number of esters is 1. The van der Waals surface area contributed by atoms with E-state index in [1.165, 1.54) is 6.07 Å². The first kappa shape index (κ1) is 21.3. The van der Waals surface area contributed by atoms with Gasteiger partial charge in [-0.05, 0) is 37.6 Å². The minimum Gasteiger partial charge on any atom is -0.497 e. The van der Waals surface area contributed by atoms with Crippen molar-refractivity contribution in [3.8, 4) is 17.2 Å². The normalized spacial score (nSPS) is 10.4. The zero-order chi connectivity index (χ0) is 20.4. The van der Waals surface area contributed by atoms with Gasteiger partial charge in [-0.15, -0.1) is 0 Å². The van der Waals surface area contributed by atoms with Crippen LogP contribution in [-0.4, -0.2) is 37.5 Å². The van der Waals surface area contributed by atoms with E-state index >= 15 is 0 Å². The number of nitrogens with zero attached hydrogens (tertiary/aromatic N) is 1. The third-order valence-electron chi connectivity index (χ3n) is 4.14. The fraction of sp³-hybridized carbons (Fsp3) is 0.429. The van der Waals surface area contributed by atoms with Gasteiger partial charge in [0.25, 0.3) is 0 Å². The van der Waals surface area contributed by atoms with Crippen molar-refractivity contribution in [3.05, 3.63) is 52.4 Å². The van der Waals surface area contributed by atoms with Crippen molar-refractivity contribution < 1.29 is 23.7 Å². The van der Waals surface area contributed by atoms with E-state index in [-0.39, 0.29) is 17.8 Å². The molecule has 2 aromatic rings. The fourth-order valence-corrected chi connectivity index (χ4v) is 2.51. The number of benzene rings is 1. The van der Waals surface area contributed by atoms with E-state index in [0.717, 1.165) is 24.3 Å². The molecule has 1 aromatic heterocycles. The van der Waals surface area contributed by atoms with Crippen molar-refractivity contribution >= 4 is 5.97 Å². The van der Waals surface area contributed by atoms with E-state index in [1.54, 1.807) is 20.2 Å². The van der Waals surface area contributed by atoms with Gasteiger partial charge in [0.15, 0.2) is 12.4 Å². The first-order valence-corrected chi connectivity index (χ1v) is 9.30. The molecule has 1 aromatic carbocycles. The maximum absolute atomic E-state index is 12.1. The molecular weight excluding hydrogens is 362 g/mol. The van der Waals surface area contributed by atoms with Gasteiger partial charge in [0.2, 0.25) is 5.43 Å². The molecule has 2 rings (SSSR count). The molecule has 0 aliphatic rings. The minimum atomic E-state index is -0.481. The molecule has 0 saturated carbocycles. The summed E-state index contributed by atoms with van der Waals surface area (Å²) in [5, 5.41) is 0. The number of hydrogen-bond donors (Lipinski definition) is 0. The van der Waals surface area contributed by atoms with Crippen LogP contribution in [0.2, 0.25) is 0 Å². The van der Waals surface area contributed by atoms with Crippen molar-refractivity contribution in [3.63, 3.8) is 0 Å². The van der Waals surface area contributed by atoms with E-state index in [4.69, 9.17) is 18.9 Å². The van der Waals surface area contributed by atoms with Gasteiger partial charge in [0.05, 0.1) is 26.0 Å². The second-order valence-electron chi connectivity index (χ2n) is 6.17. The third kappa shape index (κ3) is 6.33. The lowest BCUT2D eigenvalue weighted by Gasteiger charge is -2.15. The SMILES string of the molecule is CCCCOC(=O)COc1c(C)n(CCOc2ccc(OC)cc2)ccc1=O. The van der Waals surface area contributed by atoms with Crippen molar-refractivity contribution in [2.75, 3.05) is 26.9 Å². The molecule has 152 valence electrons.